The largest absolute Gasteiger partial charge is 0.793 e. The third kappa shape index (κ3) is 326. The predicted molar refractivity (Wildman–Crippen MR) is 70.7 cm³/mol. The fourth-order valence-corrected chi connectivity index (χ4v) is 0. The van der Waals surface area contributed by atoms with Crippen molar-refractivity contribution in [3.63, 3.8) is 0 Å². The Kier molecular flexibility index (Phi) is 449. The minimum absolute atomic E-state index is 0. The maximum Gasteiger partial charge on any atom is 0 e. The van der Waals surface area contributed by atoms with Gasteiger partial charge in [-0.1, -0.05) is 43.1 Å². The average Bonchev–Trinajstić information content (AvgIpc) is 1.75. The first-order chi connectivity index (χ1) is 3.83. The molecule has 0 bridgehead atoms. The Morgan fingerprint density at radius 3 is 1.00 bits per heavy atom. The van der Waals surface area contributed by atoms with Crippen molar-refractivity contribution in [2.45, 2.75) is 43.1 Å². The Hall–Kier alpha value is 2.15. The van der Waals surface area contributed by atoms with Crippen LogP contribution in [0.1, 0.15) is 43.1 Å². The predicted octanol–water partition coefficient (Wildman–Crippen LogP) is 3.91. The van der Waals surface area contributed by atoms with Crippen LogP contribution in [0, 0.1) is 0 Å². The summed E-state index contributed by atoms with van der Waals surface area (Å²) < 4.78 is 0. The summed E-state index contributed by atoms with van der Waals surface area (Å²) in [7, 11) is 0. The smallest absolute Gasteiger partial charge is 0 e. The number of hydrogen-bond donors (Lipinski definition) is 1. The molecule has 0 unspecified atom stereocenters. The SMILES string of the molecule is C.C.C.CC.CC[S-].[S-]CS.[Y]. The van der Waals surface area contributed by atoms with E-state index in [9.17, 15) is 0 Å². The van der Waals surface area contributed by atoms with Crippen molar-refractivity contribution in [3.8, 4) is 0 Å². The molecule has 0 saturated carbocycles. The van der Waals surface area contributed by atoms with Gasteiger partial charge in [0, 0.05) is 32.7 Å². The maximum atomic E-state index is 4.39. The molecule has 0 spiro atoms. The number of hydrogen-bond acceptors (Lipinski definition) is 3. The van der Waals surface area contributed by atoms with Crippen molar-refractivity contribution in [1.29, 1.82) is 0 Å². The standard InChI is InChI=1S/C2H6S.C2H6.CH4S2.3CH4.Y/c1-2-3;1-2;2-1-3;;;;/h3H,2H2,1H3;1-2H3;2-3H,1H2;3*1H4;/p-2. The van der Waals surface area contributed by atoms with Gasteiger partial charge in [0.05, 0.1) is 0 Å². The van der Waals surface area contributed by atoms with Gasteiger partial charge in [0.2, 0.25) is 0 Å². The second kappa shape index (κ2) is 113. The first-order valence-electron chi connectivity index (χ1n) is 2.60. The first kappa shape index (κ1) is 47.9. The van der Waals surface area contributed by atoms with Crippen LogP contribution in [0.25, 0.3) is 0 Å². The Labute approximate surface area is 123 Å². The van der Waals surface area contributed by atoms with Crippen molar-refractivity contribution >= 4 is 37.9 Å². The molecular weight excluding hydrogens is 281 g/mol. The van der Waals surface area contributed by atoms with E-state index in [0.717, 1.165) is 5.75 Å². The quantitative estimate of drug-likeness (QED) is 0.532. The molecule has 4 heteroatoms. The van der Waals surface area contributed by atoms with Gasteiger partial charge in [0.15, 0.2) is 0 Å². The molecule has 0 fully saturated rings. The minimum atomic E-state index is 0. The van der Waals surface area contributed by atoms with Gasteiger partial charge in [-0.15, -0.1) is 5.08 Å². The summed E-state index contributed by atoms with van der Waals surface area (Å²) in [6.07, 6.45) is 0. The van der Waals surface area contributed by atoms with Crippen LogP contribution < -0.4 is 0 Å². The van der Waals surface area contributed by atoms with E-state index in [0.29, 0.717) is 5.08 Å². The van der Waals surface area contributed by atoms with Crippen molar-refractivity contribution in [2.75, 3.05) is 10.8 Å². The van der Waals surface area contributed by atoms with E-state index in [4.69, 9.17) is 0 Å². The van der Waals surface area contributed by atoms with Crippen LogP contribution in [0.5, 0.6) is 0 Å². The van der Waals surface area contributed by atoms with Gasteiger partial charge in [0.1, 0.15) is 0 Å². The normalized spacial score (nSPS) is 3.50. The Balaban J connectivity index is -0.00000000544. The molecule has 0 amide bonds. The van der Waals surface area contributed by atoms with Crippen LogP contribution in [0.2, 0.25) is 0 Å². The molecule has 0 aromatic rings. The van der Waals surface area contributed by atoms with Gasteiger partial charge in [-0.25, -0.2) is 12.6 Å². The fraction of sp³-hybridized carbons (Fsp3) is 1.00. The van der Waals surface area contributed by atoms with E-state index in [2.05, 4.69) is 37.9 Å². The maximum absolute atomic E-state index is 4.39. The second-order valence-electron chi connectivity index (χ2n) is 0.418. The molecule has 0 heterocycles. The van der Waals surface area contributed by atoms with Gasteiger partial charge in [-0.2, -0.15) is 5.75 Å². The van der Waals surface area contributed by atoms with E-state index >= 15 is 0 Å². The molecule has 0 aromatic heterocycles. The van der Waals surface area contributed by atoms with Crippen molar-refractivity contribution in [3.05, 3.63) is 0 Å². The number of thiol groups is 1. The monoisotopic (exact) mass is 307 g/mol. The van der Waals surface area contributed by atoms with Gasteiger partial charge in [-0.05, 0) is 0 Å². The number of rotatable bonds is 0. The molecule has 0 nitrogen and oxygen atoms in total. The van der Waals surface area contributed by atoms with Crippen LogP contribution >= 0.6 is 12.6 Å². The summed E-state index contributed by atoms with van der Waals surface area (Å²) in [5.41, 5.74) is 0. The van der Waals surface area contributed by atoms with Crippen molar-refractivity contribution in [1.82, 2.24) is 0 Å². The van der Waals surface area contributed by atoms with E-state index in [1.165, 1.54) is 0 Å². The molecule has 0 atom stereocenters. The van der Waals surface area contributed by atoms with Crippen LogP contribution in [-0.2, 0) is 58.0 Å². The topological polar surface area (TPSA) is 0 Å². The molecule has 0 rings (SSSR count). The molecule has 0 aromatic carbocycles. The summed E-state index contributed by atoms with van der Waals surface area (Å²) in [6, 6.07) is 0. The van der Waals surface area contributed by atoms with Crippen molar-refractivity contribution in [2.24, 2.45) is 0 Å². The molecule has 0 aliphatic carbocycles. The molecule has 0 aliphatic heterocycles. The van der Waals surface area contributed by atoms with Gasteiger partial charge in [-0.3, -0.25) is 0 Å². The van der Waals surface area contributed by atoms with Gasteiger partial charge < -0.3 is 25.3 Å². The molecule has 12 heavy (non-hydrogen) atoms. The summed E-state index contributed by atoms with van der Waals surface area (Å²) >= 11 is 12.3. The molecule has 0 aliphatic rings. The van der Waals surface area contributed by atoms with Crippen LogP contribution in [0.15, 0.2) is 0 Å². The Morgan fingerprint density at radius 1 is 1.00 bits per heavy atom. The Morgan fingerprint density at radius 2 is 1.00 bits per heavy atom. The van der Waals surface area contributed by atoms with E-state index < -0.39 is 0 Å². The zero-order valence-electron chi connectivity index (χ0n) is 6.26. The van der Waals surface area contributed by atoms with E-state index in [1.54, 1.807) is 0 Å². The second-order valence-corrected chi connectivity index (χ2v) is 2.03. The fourth-order valence-electron chi connectivity index (χ4n) is 0. The zero-order chi connectivity index (χ0) is 7.41. The van der Waals surface area contributed by atoms with Gasteiger partial charge in [0.25, 0.3) is 0 Å². The van der Waals surface area contributed by atoms with Crippen molar-refractivity contribution < 1.29 is 32.7 Å². The molecule has 81 valence electrons. The van der Waals surface area contributed by atoms with Crippen LogP contribution in [0.3, 0.4) is 0 Å². The molecule has 0 saturated heterocycles. The van der Waals surface area contributed by atoms with Crippen LogP contribution in [0.4, 0.5) is 0 Å². The minimum Gasteiger partial charge on any atom is -0.793 e. The summed E-state index contributed by atoms with van der Waals surface area (Å²) in [4.78, 5) is 0. The Bertz CT molecular complexity index is 16.3. The third-order valence-electron chi connectivity index (χ3n) is 0. The summed E-state index contributed by atoms with van der Waals surface area (Å²) in [5, 5.41) is 0.528. The summed E-state index contributed by atoms with van der Waals surface area (Å²) in [5.74, 6) is 0.833. The van der Waals surface area contributed by atoms with Crippen LogP contribution in [-0.4, -0.2) is 10.8 Å². The molecule has 0 N–H and O–H groups in total. The van der Waals surface area contributed by atoms with E-state index in [1.807, 2.05) is 20.8 Å². The summed E-state index contributed by atoms with van der Waals surface area (Å²) in [6.45, 7) is 5.94. The molecular formula is C8H26S3Y-2. The third-order valence-corrected chi connectivity index (χ3v) is 0. The van der Waals surface area contributed by atoms with Gasteiger partial charge >= 0.3 is 0 Å². The zero-order valence-corrected chi connectivity index (χ0v) is 11.6. The first-order valence-corrected chi connectivity index (χ1v) is 4.39. The average molecular weight is 307 g/mol. The van der Waals surface area contributed by atoms with E-state index in [-0.39, 0.29) is 55.0 Å². The molecule has 1 radical (unpaired) electrons.